The number of nitrogens with one attached hydrogen (secondary N) is 1. The number of halogens is 2. The lowest BCUT2D eigenvalue weighted by Crippen LogP contribution is -1.99. The number of rotatable bonds is 5. The topological polar surface area (TPSA) is 41.8 Å². The molecule has 0 saturated carbocycles. The van der Waals surface area contributed by atoms with Gasteiger partial charge in [0.25, 0.3) is 0 Å². The van der Waals surface area contributed by atoms with Crippen LogP contribution >= 0.6 is 11.6 Å². The van der Waals surface area contributed by atoms with Gasteiger partial charge in [0.1, 0.15) is 5.82 Å². The fourth-order valence-corrected chi connectivity index (χ4v) is 3.02. The fourth-order valence-electron chi connectivity index (χ4n) is 2.83. The summed E-state index contributed by atoms with van der Waals surface area (Å²) in [6.07, 6.45) is 2.80. The quantitative estimate of drug-likeness (QED) is 0.645. The maximum atomic E-state index is 14.1. The molecule has 0 radical (unpaired) electrons. The van der Waals surface area contributed by atoms with Gasteiger partial charge in [-0.05, 0) is 55.1 Å². The number of nitrogens with two attached hydrogens (primary N) is 1. The highest BCUT2D eigenvalue weighted by molar-refractivity contribution is 6.30. The SMILES string of the molecule is NCCCCc1c(-c2cccc(Cl)c2)[nH]c2c(F)cccc12. The smallest absolute Gasteiger partial charge is 0.147 e. The van der Waals surface area contributed by atoms with Gasteiger partial charge in [0, 0.05) is 16.1 Å². The number of aromatic nitrogens is 1. The number of hydrogen-bond acceptors (Lipinski definition) is 1. The van der Waals surface area contributed by atoms with Gasteiger partial charge in [0.15, 0.2) is 0 Å². The molecule has 1 aromatic heterocycles. The van der Waals surface area contributed by atoms with Gasteiger partial charge >= 0.3 is 0 Å². The molecular formula is C18H18ClFN2. The largest absolute Gasteiger partial charge is 0.352 e. The zero-order valence-corrected chi connectivity index (χ0v) is 13.0. The lowest BCUT2D eigenvalue weighted by molar-refractivity contribution is 0.637. The van der Waals surface area contributed by atoms with Crippen LogP contribution in [0.2, 0.25) is 5.02 Å². The Morgan fingerprint density at radius 2 is 1.91 bits per heavy atom. The first-order chi connectivity index (χ1) is 10.7. The summed E-state index contributed by atoms with van der Waals surface area (Å²) in [5, 5.41) is 1.61. The third kappa shape index (κ3) is 2.87. The minimum Gasteiger partial charge on any atom is -0.352 e. The molecule has 0 unspecified atom stereocenters. The average molecular weight is 317 g/mol. The van der Waals surface area contributed by atoms with E-state index in [0.717, 1.165) is 41.5 Å². The molecular weight excluding hydrogens is 299 g/mol. The molecule has 3 N–H and O–H groups in total. The molecule has 0 aliphatic carbocycles. The van der Waals surface area contributed by atoms with E-state index in [1.165, 1.54) is 6.07 Å². The van der Waals surface area contributed by atoms with E-state index in [1.54, 1.807) is 6.07 Å². The van der Waals surface area contributed by atoms with Crippen molar-refractivity contribution >= 4 is 22.5 Å². The Bertz CT molecular complexity index is 795. The van der Waals surface area contributed by atoms with Crippen LogP contribution < -0.4 is 5.73 Å². The number of aromatic amines is 1. The van der Waals surface area contributed by atoms with Gasteiger partial charge in [-0.1, -0.05) is 35.9 Å². The van der Waals surface area contributed by atoms with Crippen molar-refractivity contribution in [3.05, 3.63) is 58.9 Å². The van der Waals surface area contributed by atoms with Crippen LogP contribution in [0.5, 0.6) is 0 Å². The fraction of sp³-hybridized carbons (Fsp3) is 0.222. The van der Waals surface area contributed by atoms with Gasteiger partial charge in [-0.25, -0.2) is 4.39 Å². The van der Waals surface area contributed by atoms with Crippen molar-refractivity contribution in [1.29, 1.82) is 0 Å². The Hall–Kier alpha value is -1.84. The molecule has 3 aromatic rings. The first kappa shape index (κ1) is 15.1. The molecule has 2 nitrogen and oxygen atoms in total. The summed E-state index contributed by atoms with van der Waals surface area (Å²) >= 11 is 6.10. The Labute approximate surface area is 134 Å². The Morgan fingerprint density at radius 1 is 1.09 bits per heavy atom. The molecule has 4 heteroatoms. The Kier molecular flexibility index (Phi) is 4.46. The second-order valence-corrected chi connectivity index (χ2v) is 5.83. The molecule has 0 aliphatic rings. The average Bonchev–Trinajstić information content (AvgIpc) is 2.88. The lowest BCUT2D eigenvalue weighted by Gasteiger charge is -2.05. The minimum absolute atomic E-state index is 0.231. The van der Waals surface area contributed by atoms with Crippen molar-refractivity contribution in [2.24, 2.45) is 5.73 Å². The molecule has 0 spiro atoms. The van der Waals surface area contributed by atoms with Crippen LogP contribution in [0, 0.1) is 5.82 Å². The molecule has 0 amide bonds. The minimum atomic E-state index is -0.231. The van der Waals surface area contributed by atoms with Gasteiger partial charge < -0.3 is 10.7 Å². The molecule has 3 rings (SSSR count). The number of aryl methyl sites for hydroxylation is 1. The Balaban J connectivity index is 2.15. The van der Waals surface area contributed by atoms with Crippen molar-refractivity contribution in [1.82, 2.24) is 4.98 Å². The monoisotopic (exact) mass is 316 g/mol. The second kappa shape index (κ2) is 6.51. The standard InChI is InChI=1S/C18H18ClFN2/c19-13-6-3-5-12(11-13)17-14(7-1-2-10-21)15-8-4-9-16(20)18(15)22-17/h3-6,8-9,11,22H,1-2,7,10,21H2. The van der Waals surface area contributed by atoms with Crippen LogP contribution in [0.25, 0.3) is 22.2 Å². The summed E-state index contributed by atoms with van der Waals surface area (Å²) in [7, 11) is 0. The van der Waals surface area contributed by atoms with E-state index in [0.29, 0.717) is 17.1 Å². The summed E-state index contributed by atoms with van der Waals surface area (Å²) in [5.74, 6) is -0.231. The molecule has 22 heavy (non-hydrogen) atoms. The highest BCUT2D eigenvalue weighted by atomic mass is 35.5. The predicted molar refractivity (Wildman–Crippen MR) is 90.7 cm³/mol. The molecule has 0 aliphatic heterocycles. The van der Waals surface area contributed by atoms with Gasteiger partial charge in [0.05, 0.1) is 5.52 Å². The summed E-state index contributed by atoms with van der Waals surface area (Å²) in [6, 6.07) is 12.8. The van der Waals surface area contributed by atoms with Crippen LogP contribution in [0.15, 0.2) is 42.5 Å². The maximum absolute atomic E-state index is 14.1. The molecule has 0 atom stereocenters. The summed E-state index contributed by atoms with van der Waals surface area (Å²) in [4.78, 5) is 3.24. The predicted octanol–water partition coefficient (Wildman–Crippen LogP) is 4.91. The van der Waals surface area contributed by atoms with Gasteiger partial charge in [-0.2, -0.15) is 0 Å². The van der Waals surface area contributed by atoms with Crippen molar-refractivity contribution in [2.75, 3.05) is 6.54 Å². The van der Waals surface area contributed by atoms with Crippen molar-refractivity contribution in [3.63, 3.8) is 0 Å². The van der Waals surface area contributed by atoms with Crippen LogP contribution in [-0.4, -0.2) is 11.5 Å². The van der Waals surface area contributed by atoms with E-state index in [-0.39, 0.29) is 5.82 Å². The molecule has 2 aromatic carbocycles. The van der Waals surface area contributed by atoms with Gasteiger partial charge in [-0.15, -0.1) is 0 Å². The second-order valence-electron chi connectivity index (χ2n) is 5.40. The van der Waals surface area contributed by atoms with E-state index in [4.69, 9.17) is 17.3 Å². The Morgan fingerprint density at radius 3 is 2.68 bits per heavy atom. The normalized spacial score (nSPS) is 11.2. The number of para-hydroxylation sites is 1. The molecule has 0 bridgehead atoms. The van der Waals surface area contributed by atoms with E-state index in [2.05, 4.69) is 4.98 Å². The van der Waals surface area contributed by atoms with Crippen LogP contribution in [-0.2, 0) is 6.42 Å². The number of hydrogen-bond donors (Lipinski definition) is 2. The van der Waals surface area contributed by atoms with E-state index < -0.39 is 0 Å². The third-order valence-electron chi connectivity index (χ3n) is 3.88. The number of unbranched alkanes of at least 4 members (excludes halogenated alkanes) is 1. The summed E-state index contributed by atoms with van der Waals surface area (Å²) in [5.41, 5.74) is 9.20. The summed E-state index contributed by atoms with van der Waals surface area (Å²) < 4.78 is 14.1. The first-order valence-electron chi connectivity index (χ1n) is 7.46. The zero-order chi connectivity index (χ0) is 15.5. The number of benzene rings is 2. The highest BCUT2D eigenvalue weighted by Crippen LogP contribution is 2.33. The highest BCUT2D eigenvalue weighted by Gasteiger charge is 2.15. The number of fused-ring (bicyclic) bond motifs is 1. The van der Waals surface area contributed by atoms with Crippen LogP contribution in [0.1, 0.15) is 18.4 Å². The third-order valence-corrected chi connectivity index (χ3v) is 4.12. The van der Waals surface area contributed by atoms with Gasteiger partial charge in [-0.3, -0.25) is 0 Å². The molecule has 0 fully saturated rings. The molecule has 0 saturated heterocycles. The summed E-state index contributed by atoms with van der Waals surface area (Å²) in [6.45, 7) is 0.670. The number of H-pyrrole nitrogens is 1. The zero-order valence-electron chi connectivity index (χ0n) is 12.2. The van der Waals surface area contributed by atoms with E-state index >= 15 is 0 Å². The van der Waals surface area contributed by atoms with Crippen LogP contribution in [0.3, 0.4) is 0 Å². The van der Waals surface area contributed by atoms with E-state index in [9.17, 15) is 4.39 Å². The van der Waals surface area contributed by atoms with Crippen LogP contribution in [0.4, 0.5) is 4.39 Å². The lowest BCUT2D eigenvalue weighted by atomic mass is 10.0. The van der Waals surface area contributed by atoms with Crippen molar-refractivity contribution in [2.45, 2.75) is 19.3 Å². The van der Waals surface area contributed by atoms with E-state index in [1.807, 2.05) is 30.3 Å². The molecule has 1 heterocycles. The first-order valence-corrected chi connectivity index (χ1v) is 7.83. The van der Waals surface area contributed by atoms with Crippen molar-refractivity contribution < 1.29 is 4.39 Å². The van der Waals surface area contributed by atoms with Gasteiger partial charge in [0.2, 0.25) is 0 Å². The molecule has 114 valence electrons. The van der Waals surface area contributed by atoms with Crippen molar-refractivity contribution in [3.8, 4) is 11.3 Å². The maximum Gasteiger partial charge on any atom is 0.147 e.